The lowest BCUT2D eigenvalue weighted by atomic mass is 10.1. The van der Waals surface area contributed by atoms with Crippen LogP contribution < -0.4 is 5.32 Å². The van der Waals surface area contributed by atoms with E-state index in [1.54, 1.807) is 16.7 Å². The number of methoxy groups -OCH3 is 1. The number of thioether (sulfide) groups is 1. The predicted octanol–water partition coefficient (Wildman–Crippen LogP) is 1.08. The predicted molar refractivity (Wildman–Crippen MR) is 91.5 cm³/mol. The van der Waals surface area contributed by atoms with Crippen molar-refractivity contribution in [2.45, 2.75) is 18.2 Å². The van der Waals surface area contributed by atoms with E-state index in [1.165, 1.54) is 7.11 Å². The van der Waals surface area contributed by atoms with Crippen LogP contribution in [0.3, 0.4) is 0 Å². The van der Waals surface area contributed by atoms with Crippen molar-refractivity contribution in [2.24, 2.45) is 0 Å². The molecule has 126 valence electrons. The van der Waals surface area contributed by atoms with Crippen LogP contribution in [-0.2, 0) is 14.3 Å². The summed E-state index contributed by atoms with van der Waals surface area (Å²) in [7, 11) is 1.38. The fourth-order valence-electron chi connectivity index (χ4n) is 2.46. The van der Waals surface area contributed by atoms with Gasteiger partial charge in [-0.3, -0.25) is 9.59 Å². The zero-order chi connectivity index (χ0) is 16.8. The van der Waals surface area contributed by atoms with Crippen LogP contribution in [0, 0.1) is 0 Å². The van der Waals surface area contributed by atoms with E-state index in [9.17, 15) is 9.59 Å². The molecule has 1 amide bonds. The number of nitrogens with zero attached hydrogens (tertiary/aromatic N) is 1. The lowest BCUT2D eigenvalue weighted by molar-refractivity contribution is -0.683. The molecule has 0 aromatic heterocycles. The highest BCUT2D eigenvalue weighted by atomic mass is 35.5. The van der Waals surface area contributed by atoms with Gasteiger partial charge in [0.1, 0.15) is 11.3 Å². The van der Waals surface area contributed by atoms with Crippen LogP contribution >= 0.6 is 23.4 Å². The van der Waals surface area contributed by atoms with Gasteiger partial charge in [0.2, 0.25) is 0 Å². The normalized spacial score (nSPS) is 19.3. The van der Waals surface area contributed by atoms with E-state index in [4.69, 9.17) is 16.3 Å². The molecule has 0 unspecified atom stereocenters. The number of benzene rings is 1. The number of amides is 1. The first-order valence-corrected chi connectivity index (χ1v) is 9.00. The highest BCUT2D eigenvalue weighted by Gasteiger charge is 2.30. The Kier molecular flexibility index (Phi) is 6.74. The summed E-state index contributed by atoms with van der Waals surface area (Å²) in [5.41, 5.74) is 1.13. The van der Waals surface area contributed by atoms with E-state index in [2.05, 4.69) is 6.92 Å². The molecule has 5 nitrogen and oxygen atoms in total. The molecule has 1 aliphatic rings. The first-order valence-electron chi connectivity index (χ1n) is 7.57. The first kappa shape index (κ1) is 18.1. The Hall–Kier alpha value is -1.24. The van der Waals surface area contributed by atoms with Crippen LogP contribution in [0.2, 0.25) is 5.02 Å². The third-order valence-electron chi connectivity index (χ3n) is 3.93. The second kappa shape index (κ2) is 8.57. The first-order chi connectivity index (χ1) is 11.0. The zero-order valence-electron chi connectivity index (χ0n) is 13.3. The topological polar surface area (TPSA) is 63.2 Å². The Balaban J connectivity index is 1.84. The Morgan fingerprint density at radius 3 is 2.78 bits per heavy atom. The minimum atomic E-state index is -0.272. The van der Waals surface area contributed by atoms with Gasteiger partial charge in [-0.2, -0.15) is 0 Å². The molecule has 1 aliphatic heterocycles. The molecule has 1 aromatic rings. The van der Waals surface area contributed by atoms with Crippen molar-refractivity contribution in [2.75, 3.05) is 32.5 Å². The lowest BCUT2D eigenvalue weighted by Gasteiger charge is -2.30. The van der Waals surface area contributed by atoms with Crippen molar-refractivity contribution in [1.29, 1.82) is 0 Å². The van der Waals surface area contributed by atoms with Gasteiger partial charge < -0.3 is 15.0 Å². The Labute approximate surface area is 145 Å². The molecule has 1 heterocycles. The maximum atomic E-state index is 12.4. The van der Waals surface area contributed by atoms with Crippen LogP contribution in [0.15, 0.2) is 24.3 Å². The number of carbonyl (C=O) groups excluding carboxylic acids is 2. The molecule has 2 N–H and O–H groups in total. The van der Waals surface area contributed by atoms with Crippen LogP contribution in [-0.4, -0.2) is 54.5 Å². The lowest BCUT2D eigenvalue weighted by Crippen LogP contribution is -2.87. The molecule has 2 rings (SSSR count). The third-order valence-corrected chi connectivity index (χ3v) is 5.34. The number of esters is 1. The summed E-state index contributed by atoms with van der Waals surface area (Å²) in [6.07, 6.45) is 0. The van der Waals surface area contributed by atoms with Crippen molar-refractivity contribution in [3.63, 3.8) is 0 Å². The molecule has 0 saturated carbocycles. The minimum absolute atomic E-state index is 0.0556. The van der Waals surface area contributed by atoms with Gasteiger partial charge in [-0.1, -0.05) is 23.7 Å². The quantitative estimate of drug-likeness (QED) is 0.801. The summed E-state index contributed by atoms with van der Waals surface area (Å²) in [6.45, 7) is 3.53. The second-order valence-corrected chi connectivity index (χ2v) is 7.25. The summed E-state index contributed by atoms with van der Waals surface area (Å²) >= 11 is 7.43. The van der Waals surface area contributed by atoms with E-state index in [0.717, 1.165) is 11.3 Å². The Bertz CT molecular complexity index is 553. The second-order valence-electron chi connectivity index (χ2n) is 5.50. The summed E-state index contributed by atoms with van der Waals surface area (Å²) in [5, 5.41) is 2.43. The molecule has 2 atom stereocenters. The number of halogens is 1. The molecular formula is C16H22ClN2O3S+. The Morgan fingerprint density at radius 2 is 2.13 bits per heavy atom. The SMILES string of the molecule is COC(=O)[C@H]1CN(C(=O)C[NH2+][C@@H](C)c2ccc(Cl)cc2)CCS1. The van der Waals surface area contributed by atoms with Crippen LogP contribution in [0.1, 0.15) is 18.5 Å². The molecule has 7 heteroatoms. The maximum absolute atomic E-state index is 12.4. The number of quaternary nitrogens is 1. The van der Waals surface area contributed by atoms with Gasteiger partial charge in [-0.05, 0) is 19.1 Å². The smallest absolute Gasteiger partial charge is 0.320 e. The zero-order valence-corrected chi connectivity index (χ0v) is 14.9. The van der Waals surface area contributed by atoms with Gasteiger partial charge in [0.05, 0.1) is 7.11 Å². The van der Waals surface area contributed by atoms with Gasteiger partial charge in [-0.15, -0.1) is 11.8 Å². The summed E-state index contributed by atoms with van der Waals surface area (Å²) in [5.74, 6) is 0.559. The molecule has 0 aliphatic carbocycles. The molecule has 1 fully saturated rings. The molecule has 0 radical (unpaired) electrons. The van der Waals surface area contributed by atoms with Gasteiger partial charge >= 0.3 is 5.97 Å². The van der Waals surface area contributed by atoms with E-state index < -0.39 is 0 Å². The van der Waals surface area contributed by atoms with Crippen LogP contribution in [0.4, 0.5) is 0 Å². The van der Waals surface area contributed by atoms with Crippen LogP contribution in [0.5, 0.6) is 0 Å². The summed E-state index contributed by atoms with van der Waals surface area (Å²) in [6, 6.07) is 7.82. The average molecular weight is 358 g/mol. The fraction of sp³-hybridized carbons (Fsp3) is 0.500. The number of nitrogens with two attached hydrogens (primary N) is 1. The molecule has 0 spiro atoms. The summed E-state index contributed by atoms with van der Waals surface area (Å²) < 4.78 is 4.77. The van der Waals surface area contributed by atoms with E-state index in [1.807, 2.05) is 29.6 Å². The number of rotatable bonds is 5. The van der Waals surface area contributed by atoms with Crippen molar-refractivity contribution in [3.05, 3.63) is 34.9 Å². The standard InChI is InChI=1S/C16H21ClN2O3S/c1-11(12-3-5-13(17)6-4-12)18-9-15(20)19-7-8-23-14(10-19)16(21)22-2/h3-6,11,14,18H,7-10H2,1-2H3/p+1/t11-,14+/m0/s1. The van der Waals surface area contributed by atoms with E-state index in [0.29, 0.717) is 24.7 Å². The van der Waals surface area contributed by atoms with Gasteiger partial charge in [0, 0.05) is 29.4 Å². The van der Waals surface area contributed by atoms with Crippen molar-refractivity contribution in [1.82, 2.24) is 4.90 Å². The minimum Gasteiger partial charge on any atom is -0.468 e. The van der Waals surface area contributed by atoms with Gasteiger partial charge in [0.25, 0.3) is 5.91 Å². The van der Waals surface area contributed by atoms with Gasteiger partial charge in [0.15, 0.2) is 6.54 Å². The summed E-state index contributed by atoms with van der Waals surface area (Å²) in [4.78, 5) is 25.7. The highest BCUT2D eigenvalue weighted by molar-refractivity contribution is 8.00. The van der Waals surface area contributed by atoms with E-state index in [-0.39, 0.29) is 23.2 Å². The maximum Gasteiger partial charge on any atom is 0.320 e. The number of hydrogen-bond acceptors (Lipinski definition) is 4. The molecule has 23 heavy (non-hydrogen) atoms. The monoisotopic (exact) mass is 357 g/mol. The Morgan fingerprint density at radius 1 is 1.43 bits per heavy atom. The van der Waals surface area contributed by atoms with E-state index >= 15 is 0 Å². The van der Waals surface area contributed by atoms with Crippen molar-refractivity contribution in [3.8, 4) is 0 Å². The number of hydrogen-bond donors (Lipinski definition) is 1. The van der Waals surface area contributed by atoms with Crippen LogP contribution in [0.25, 0.3) is 0 Å². The number of carbonyl (C=O) groups is 2. The molecule has 1 saturated heterocycles. The highest BCUT2D eigenvalue weighted by Crippen LogP contribution is 2.19. The molecular weight excluding hydrogens is 336 g/mol. The average Bonchev–Trinajstić information content (AvgIpc) is 2.59. The van der Waals surface area contributed by atoms with Crippen molar-refractivity contribution < 1.29 is 19.6 Å². The molecule has 1 aromatic carbocycles. The van der Waals surface area contributed by atoms with Crippen molar-refractivity contribution >= 4 is 35.2 Å². The number of ether oxygens (including phenoxy) is 1. The largest absolute Gasteiger partial charge is 0.468 e. The fourth-order valence-corrected chi connectivity index (χ4v) is 3.71. The third kappa shape index (κ3) is 5.12. The molecule has 0 bridgehead atoms. The van der Waals surface area contributed by atoms with Gasteiger partial charge in [-0.25, -0.2) is 0 Å².